The number of hydrogen-bond donors (Lipinski definition) is 1. The highest BCUT2D eigenvalue weighted by Gasteiger charge is 2.15. The van der Waals surface area contributed by atoms with Gasteiger partial charge in [0.2, 0.25) is 0 Å². The van der Waals surface area contributed by atoms with Crippen molar-refractivity contribution in [2.24, 2.45) is 0 Å². The number of hydrogen-bond acceptors (Lipinski definition) is 1. The molecule has 4 heteroatoms. The molecule has 106 valence electrons. The van der Waals surface area contributed by atoms with Gasteiger partial charge in [-0.1, -0.05) is 28.1 Å². The number of aryl methyl sites for hydroxylation is 1. The maximum atomic E-state index is 13.9. The second kappa shape index (κ2) is 6.46. The summed E-state index contributed by atoms with van der Waals surface area (Å²) in [6, 6.07) is 9.68. The van der Waals surface area contributed by atoms with Gasteiger partial charge in [0, 0.05) is 10.5 Å². The summed E-state index contributed by atoms with van der Waals surface area (Å²) in [6.45, 7) is 1.86. The van der Waals surface area contributed by atoms with Crippen LogP contribution in [0.15, 0.2) is 40.9 Å². The summed E-state index contributed by atoms with van der Waals surface area (Å²) < 4.78 is 27.8. The second-order valence-electron chi connectivity index (χ2n) is 4.78. The van der Waals surface area contributed by atoms with E-state index in [1.165, 1.54) is 18.2 Å². The van der Waals surface area contributed by atoms with Crippen LogP contribution < -0.4 is 5.32 Å². The molecule has 1 unspecified atom stereocenters. The van der Waals surface area contributed by atoms with Crippen LogP contribution in [0.25, 0.3) is 0 Å². The second-order valence-corrected chi connectivity index (χ2v) is 5.70. The van der Waals surface area contributed by atoms with E-state index in [1.54, 1.807) is 12.1 Å². The topological polar surface area (TPSA) is 12.0 Å². The molecule has 20 heavy (non-hydrogen) atoms. The zero-order valence-electron chi connectivity index (χ0n) is 11.4. The molecular weight excluding hydrogens is 324 g/mol. The minimum Gasteiger partial charge on any atom is -0.313 e. The Morgan fingerprint density at radius 3 is 2.50 bits per heavy atom. The molecule has 0 aromatic heterocycles. The third kappa shape index (κ3) is 3.44. The Hall–Kier alpha value is -1.26. The summed E-state index contributed by atoms with van der Waals surface area (Å²) in [4.78, 5) is 0. The largest absolute Gasteiger partial charge is 0.313 e. The summed E-state index contributed by atoms with van der Waals surface area (Å²) in [5.41, 5.74) is 2.48. The van der Waals surface area contributed by atoms with Gasteiger partial charge in [-0.2, -0.15) is 0 Å². The van der Waals surface area contributed by atoms with E-state index in [0.717, 1.165) is 15.6 Å². The molecule has 0 fully saturated rings. The van der Waals surface area contributed by atoms with Crippen LogP contribution in [-0.4, -0.2) is 7.05 Å². The molecule has 0 aliphatic rings. The maximum absolute atomic E-state index is 13.9. The van der Waals surface area contributed by atoms with E-state index in [4.69, 9.17) is 0 Å². The molecule has 2 rings (SSSR count). The van der Waals surface area contributed by atoms with Crippen LogP contribution in [0.2, 0.25) is 0 Å². The monoisotopic (exact) mass is 339 g/mol. The first-order valence-corrected chi connectivity index (χ1v) is 7.18. The van der Waals surface area contributed by atoms with Crippen molar-refractivity contribution in [3.8, 4) is 0 Å². The Bertz CT molecular complexity index is 613. The molecule has 0 spiro atoms. The predicted octanol–water partition coefficient (Wildman–Crippen LogP) is 4.54. The lowest BCUT2D eigenvalue weighted by molar-refractivity contribution is 0.550. The Balaban J connectivity index is 2.28. The summed E-state index contributed by atoms with van der Waals surface area (Å²) in [6.07, 6.45) is 0.516. The van der Waals surface area contributed by atoms with Gasteiger partial charge in [-0.15, -0.1) is 0 Å². The molecule has 0 radical (unpaired) electrons. The highest BCUT2D eigenvalue weighted by atomic mass is 79.9. The SMILES string of the molecule is CNC(Cc1ccc(Br)cc1F)c1ccc(F)cc1C. The smallest absolute Gasteiger partial charge is 0.127 e. The maximum Gasteiger partial charge on any atom is 0.127 e. The third-order valence-corrected chi connectivity index (χ3v) is 3.89. The van der Waals surface area contributed by atoms with Crippen molar-refractivity contribution < 1.29 is 8.78 Å². The standard InChI is InChI=1S/C16H16BrF2N/c1-10-7-13(18)5-6-14(10)16(20-2)8-11-3-4-12(17)9-15(11)19/h3-7,9,16,20H,8H2,1-2H3. The fraction of sp³-hybridized carbons (Fsp3) is 0.250. The lowest BCUT2D eigenvalue weighted by Gasteiger charge is -2.19. The van der Waals surface area contributed by atoms with Gasteiger partial charge in [0.25, 0.3) is 0 Å². The summed E-state index contributed by atoms with van der Waals surface area (Å²) in [5.74, 6) is -0.490. The van der Waals surface area contributed by atoms with Gasteiger partial charge in [0.05, 0.1) is 0 Å². The first-order valence-electron chi connectivity index (χ1n) is 6.38. The van der Waals surface area contributed by atoms with Crippen LogP contribution in [0.5, 0.6) is 0 Å². The van der Waals surface area contributed by atoms with E-state index in [9.17, 15) is 8.78 Å². The van der Waals surface area contributed by atoms with Gasteiger partial charge in [0.15, 0.2) is 0 Å². The summed E-state index contributed by atoms with van der Waals surface area (Å²) >= 11 is 3.25. The molecule has 0 saturated carbocycles. The lowest BCUT2D eigenvalue weighted by Crippen LogP contribution is -2.20. The molecule has 1 nitrogen and oxygen atoms in total. The Labute approximate surface area is 126 Å². The van der Waals surface area contributed by atoms with Crippen molar-refractivity contribution in [3.63, 3.8) is 0 Å². The van der Waals surface area contributed by atoms with E-state index < -0.39 is 0 Å². The van der Waals surface area contributed by atoms with Crippen molar-refractivity contribution in [1.29, 1.82) is 0 Å². The molecule has 2 aromatic carbocycles. The molecule has 0 aliphatic carbocycles. The van der Waals surface area contributed by atoms with Crippen molar-refractivity contribution in [2.45, 2.75) is 19.4 Å². The third-order valence-electron chi connectivity index (χ3n) is 3.39. The highest BCUT2D eigenvalue weighted by molar-refractivity contribution is 9.10. The average Bonchev–Trinajstić information content (AvgIpc) is 2.39. The minimum absolute atomic E-state index is 0.0497. The molecule has 1 atom stereocenters. The lowest BCUT2D eigenvalue weighted by atomic mass is 9.95. The fourth-order valence-electron chi connectivity index (χ4n) is 2.30. The molecule has 0 bridgehead atoms. The number of likely N-dealkylation sites (N-methyl/N-ethyl adjacent to an activating group) is 1. The van der Waals surface area contributed by atoms with E-state index in [-0.39, 0.29) is 17.7 Å². The van der Waals surface area contributed by atoms with Crippen LogP contribution in [0.3, 0.4) is 0 Å². The number of halogens is 3. The van der Waals surface area contributed by atoms with E-state index in [2.05, 4.69) is 21.2 Å². The summed E-state index contributed by atoms with van der Waals surface area (Å²) in [7, 11) is 1.82. The molecule has 0 amide bonds. The minimum atomic E-state index is -0.254. The Kier molecular flexibility index (Phi) is 4.89. The number of rotatable bonds is 4. The quantitative estimate of drug-likeness (QED) is 0.862. The zero-order chi connectivity index (χ0) is 14.7. The van der Waals surface area contributed by atoms with Crippen molar-refractivity contribution >= 4 is 15.9 Å². The van der Waals surface area contributed by atoms with Crippen LogP contribution in [0, 0.1) is 18.6 Å². The molecular formula is C16H16BrF2N. The van der Waals surface area contributed by atoms with Gasteiger partial charge < -0.3 is 5.32 Å². The average molecular weight is 340 g/mol. The van der Waals surface area contributed by atoms with Crippen LogP contribution in [-0.2, 0) is 6.42 Å². The fourth-order valence-corrected chi connectivity index (χ4v) is 2.64. The van der Waals surface area contributed by atoms with E-state index >= 15 is 0 Å². The highest BCUT2D eigenvalue weighted by Crippen LogP contribution is 2.24. The normalized spacial score (nSPS) is 12.4. The van der Waals surface area contributed by atoms with Crippen LogP contribution in [0.1, 0.15) is 22.7 Å². The van der Waals surface area contributed by atoms with Crippen molar-refractivity contribution in [1.82, 2.24) is 5.32 Å². The Morgan fingerprint density at radius 2 is 1.90 bits per heavy atom. The summed E-state index contributed by atoms with van der Waals surface area (Å²) in [5, 5.41) is 3.17. The molecule has 1 N–H and O–H groups in total. The number of nitrogens with one attached hydrogen (secondary N) is 1. The zero-order valence-corrected chi connectivity index (χ0v) is 13.0. The Morgan fingerprint density at radius 1 is 1.15 bits per heavy atom. The van der Waals surface area contributed by atoms with Crippen molar-refractivity contribution in [3.05, 3.63) is 69.2 Å². The first-order chi connectivity index (χ1) is 9.51. The van der Waals surface area contributed by atoms with Gasteiger partial charge in [-0.3, -0.25) is 0 Å². The van der Waals surface area contributed by atoms with E-state index in [1.807, 2.05) is 20.0 Å². The van der Waals surface area contributed by atoms with Crippen LogP contribution >= 0.6 is 15.9 Å². The van der Waals surface area contributed by atoms with Crippen molar-refractivity contribution in [2.75, 3.05) is 7.05 Å². The van der Waals surface area contributed by atoms with E-state index in [0.29, 0.717) is 12.0 Å². The molecule has 0 saturated heterocycles. The predicted molar refractivity (Wildman–Crippen MR) is 80.7 cm³/mol. The first kappa shape index (κ1) is 15.1. The molecule has 2 aromatic rings. The van der Waals surface area contributed by atoms with Gasteiger partial charge in [0.1, 0.15) is 11.6 Å². The van der Waals surface area contributed by atoms with Crippen LogP contribution in [0.4, 0.5) is 8.78 Å². The van der Waals surface area contributed by atoms with Gasteiger partial charge in [-0.25, -0.2) is 8.78 Å². The van der Waals surface area contributed by atoms with Gasteiger partial charge >= 0.3 is 0 Å². The number of benzene rings is 2. The van der Waals surface area contributed by atoms with Gasteiger partial charge in [-0.05, 0) is 61.3 Å². The molecule has 0 aliphatic heterocycles. The molecule has 0 heterocycles.